The molecule has 3 N–H and O–H groups in total. The van der Waals surface area contributed by atoms with Gasteiger partial charge in [0, 0.05) is 21.2 Å². The van der Waals surface area contributed by atoms with E-state index in [9.17, 15) is 4.79 Å². The van der Waals surface area contributed by atoms with Gasteiger partial charge in [-0.3, -0.25) is 4.79 Å². The molecule has 1 unspecified atom stereocenters. The van der Waals surface area contributed by atoms with Gasteiger partial charge in [0.05, 0.1) is 17.8 Å². The van der Waals surface area contributed by atoms with Gasteiger partial charge in [-0.25, -0.2) is 0 Å². The van der Waals surface area contributed by atoms with Crippen molar-refractivity contribution in [2.24, 2.45) is 0 Å². The zero-order chi connectivity index (χ0) is 14.3. The average molecular weight is 355 g/mol. The Morgan fingerprint density at radius 1 is 1.55 bits per heavy atom. The predicted molar refractivity (Wildman–Crippen MR) is 85.2 cm³/mol. The van der Waals surface area contributed by atoms with Crippen molar-refractivity contribution in [1.29, 1.82) is 0 Å². The van der Waals surface area contributed by atoms with Crippen molar-refractivity contribution >= 4 is 48.9 Å². The van der Waals surface area contributed by atoms with Crippen LogP contribution in [0.2, 0.25) is 0 Å². The minimum Gasteiger partial charge on any atom is -0.397 e. The second-order valence-corrected chi connectivity index (χ2v) is 7.27. The topological polar surface area (TPSA) is 64.4 Å². The van der Waals surface area contributed by atoms with Crippen LogP contribution < -0.4 is 11.1 Å². The highest BCUT2D eigenvalue weighted by Crippen LogP contribution is 2.35. The number of nitrogens with one attached hydrogen (secondary N) is 1. The van der Waals surface area contributed by atoms with Crippen molar-refractivity contribution in [3.05, 3.63) is 27.5 Å². The summed E-state index contributed by atoms with van der Waals surface area (Å²) in [7, 11) is 0. The number of fused-ring (bicyclic) bond motifs is 1. The molecule has 1 atom stereocenters. The van der Waals surface area contributed by atoms with Gasteiger partial charge in [-0.1, -0.05) is 22.0 Å². The maximum atomic E-state index is 12.4. The first-order valence-corrected chi connectivity index (χ1v) is 7.97. The standard InChI is InChI=1S/C14H15BrN2O2S/c1-14(4-5-19-7-14)17-13(18)12-11(16)9-3-2-8(15)6-10(9)20-12/h2-3,6H,4-5,7,16H2,1H3,(H,17,18). The van der Waals surface area contributed by atoms with Crippen LogP contribution >= 0.6 is 27.3 Å². The average Bonchev–Trinajstić information content (AvgIpc) is 2.94. The zero-order valence-corrected chi connectivity index (χ0v) is 13.4. The Morgan fingerprint density at radius 3 is 3.05 bits per heavy atom. The van der Waals surface area contributed by atoms with E-state index in [1.54, 1.807) is 0 Å². The number of hydrogen-bond acceptors (Lipinski definition) is 4. The Kier molecular flexibility index (Phi) is 3.48. The molecular formula is C14H15BrN2O2S. The molecule has 1 aliphatic heterocycles. The Hall–Kier alpha value is -1.11. The van der Waals surface area contributed by atoms with Crippen LogP contribution in [0.5, 0.6) is 0 Å². The third-order valence-electron chi connectivity index (χ3n) is 3.53. The van der Waals surface area contributed by atoms with Gasteiger partial charge in [-0.05, 0) is 25.5 Å². The number of thiophene rings is 1. The Labute approximate surface area is 129 Å². The van der Waals surface area contributed by atoms with Crippen LogP contribution in [-0.2, 0) is 4.74 Å². The molecule has 2 aromatic rings. The van der Waals surface area contributed by atoms with Crippen LogP contribution in [0, 0.1) is 0 Å². The highest BCUT2D eigenvalue weighted by Gasteiger charge is 2.32. The highest BCUT2D eigenvalue weighted by molar-refractivity contribution is 9.10. The largest absolute Gasteiger partial charge is 0.397 e. The normalized spacial score (nSPS) is 22.3. The molecule has 20 heavy (non-hydrogen) atoms. The molecule has 4 nitrogen and oxygen atoms in total. The lowest BCUT2D eigenvalue weighted by Crippen LogP contribution is -2.46. The smallest absolute Gasteiger partial charge is 0.264 e. The summed E-state index contributed by atoms with van der Waals surface area (Å²) in [5.41, 5.74) is 6.37. The molecule has 3 rings (SSSR count). The van der Waals surface area contributed by atoms with E-state index in [2.05, 4.69) is 21.2 Å². The maximum absolute atomic E-state index is 12.4. The van der Waals surface area contributed by atoms with Gasteiger partial charge in [0.25, 0.3) is 5.91 Å². The summed E-state index contributed by atoms with van der Waals surface area (Å²) in [6.07, 6.45) is 0.828. The van der Waals surface area contributed by atoms with Crippen molar-refractivity contribution in [2.45, 2.75) is 18.9 Å². The number of benzene rings is 1. The molecular weight excluding hydrogens is 340 g/mol. The molecule has 2 heterocycles. The predicted octanol–water partition coefficient (Wildman–Crippen LogP) is 3.15. The van der Waals surface area contributed by atoms with E-state index in [0.29, 0.717) is 23.8 Å². The van der Waals surface area contributed by atoms with Gasteiger partial charge < -0.3 is 15.8 Å². The molecule has 0 radical (unpaired) electrons. The van der Waals surface area contributed by atoms with Gasteiger partial charge in [-0.2, -0.15) is 0 Å². The molecule has 6 heteroatoms. The summed E-state index contributed by atoms with van der Waals surface area (Å²) >= 11 is 4.85. The summed E-state index contributed by atoms with van der Waals surface area (Å²) in [5, 5.41) is 3.97. The first-order chi connectivity index (χ1) is 9.48. The molecule has 1 aromatic carbocycles. The second-order valence-electron chi connectivity index (χ2n) is 5.30. The van der Waals surface area contributed by atoms with E-state index < -0.39 is 0 Å². The van der Waals surface area contributed by atoms with E-state index in [4.69, 9.17) is 10.5 Å². The molecule has 0 bridgehead atoms. The van der Waals surface area contributed by atoms with Crippen molar-refractivity contribution < 1.29 is 9.53 Å². The quantitative estimate of drug-likeness (QED) is 0.870. The Bertz CT molecular complexity index is 677. The van der Waals surface area contributed by atoms with Gasteiger partial charge in [-0.15, -0.1) is 11.3 Å². The molecule has 1 saturated heterocycles. The van der Waals surface area contributed by atoms with Crippen molar-refractivity contribution in [3.8, 4) is 0 Å². The molecule has 0 aliphatic carbocycles. The monoisotopic (exact) mass is 354 g/mol. The van der Waals surface area contributed by atoms with Crippen LogP contribution in [0.3, 0.4) is 0 Å². The zero-order valence-electron chi connectivity index (χ0n) is 11.0. The lowest BCUT2D eigenvalue weighted by Gasteiger charge is -2.23. The van der Waals surface area contributed by atoms with Crippen molar-refractivity contribution in [1.82, 2.24) is 5.32 Å². The first kappa shape index (κ1) is 13.9. The highest BCUT2D eigenvalue weighted by atomic mass is 79.9. The number of hydrogen-bond donors (Lipinski definition) is 2. The van der Waals surface area contributed by atoms with E-state index in [1.165, 1.54) is 11.3 Å². The number of amides is 1. The van der Waals surface area contributed by atoms with Crippen LogP contribution in [-0.4, -0.2) is 24.7 Å². The number of carbonyl (C=O) groups is 1. The van der Waals surface area contributed by atoms with E-state index in [0.717, 1.165) is 21.0 Å². The first-order valence-electron chi connectivity index (χ1n) is 6.36. The SMILES string of the molecule is CC1(NC(=O)c2sc3cc(Br)ccc3c2N)CCOC1. The number of nitrogen functional groups attached to an aromatic ring is 1. The molecule has 1 amide bonds. The molecule has 1 fully saturated rings. The third kappa shape index (κ3) is 2.43. The number of rotatable bonds is 2. The maximum Gasteiger partial charge on any atom is 0.264 e. The summed E-state index contributed by atoms with van der Waals surface area (Å²) in [5.74, 6) is -0.118. The van der Waals surface area contributed by atoms with Gasteiger partial charge in [0.2, 0.25) is 0 Å². The molecule has 1 aromatic heterocycles. The Morgan fingerprint density at radius 2 is 2.35 bits per heavy atom. The number of ether oxygens (including phenoxy) is 1. The summed E-state index contributed by atoms with van der Waals surface area (Å²) in [4.78, 5) is 13.0. The summed E-state index contributed by atoms with van der Waals surface area (Å²) in [6, 6.07) is 5.84. The minimum absolute atomic E-state index is 0.118. The summed E-state index contributed by atoms with van der Waals surface area (Å²) in [6.45, 7) is 3.23. The molecule has 0 spiro atoms. The number of halogens is 1. The van der Waals surface area contributed by atoms with Crippen LogP contribution in [0.15, 0.2) is 22.7 Å². The van der Waals surface area contributed by atoms with E-state index in [-0.39, 0.29) is 11.4 Å². The molecule has 0 saturated carbocycles. The number of carbonyl (C=O) groups excluding carboxylic acids is 1. The fourth-order valence-corrected chi connectivity index (χ4v) is 3.93. The number of anilines is 1. The fourth-order valence-electron chi connectivity index (χ4n) is 2.36. The van der Waals surface area contributed by atoms with Crippen molar-refractivity contribution in [3.63, 3.8) is 0 Å². The van der Waals surface area contributed by atoms with Gasteiger partial charge in [0.1, 0.15) is 4.88 Å². The van der Waals surface area contributed by atoms with E-state index >= 15 is 0 Å². The van der Waals surface area contributed by atoms with Crippen LogP contribution in [0.4, 0.5) is 5.69 Å². The third-order valence-corrected chi connectivity index (χ3v) is 5.19. The summed E-state index contributed by atoms with van der Waals surface area (Å²) < 4.78 is 7.34. The van der Waals surface area contributed by atoms with E-state index in [1.807, 2.05) is 25.1 Å². The number of nitrogens with two attached hydrogens (primary N) is 1. The fraction of sp³-hybridized carbons (Fsp3) is 0.357. The second kappa shape index (κ2) is 5.02. The van der Waals surface area contributed by atoms with Gasteiger partial charge in [0.15, 0.2) is 0 Å². The Balaban J connectivity index is 1.93. The lowest BCUT2D eigenvalue weighted by molar-refractivity contribution is 0.0895. The van der Waals surface area contributed by atoms with Crippen LogP contribution in [0.1, 0.15) is 23.0 Å². The lowest BCUT2D eigenvalue weighted by atomic mass is 10.0. The van der Waals surface area contributed by atoms with Crippen LogP contribution in [0.25, 0.3) is 10.1 Å². The molecule has 1 aliphatic rings. The minimum atomic E-state index is -0.291. The molecule has 106 valence electrons. The van der Waals surface area contributed by atoms with Crippen molar-refractivity contribution in [2.75, 3.05) is 18.9 Å². The van der Waals surface area contributed by atoms with Gasteiger partial charge >= 0.3 is 0 Å².